The van der Waals surface area contributed by atoms with E-state index in [0.29, 0.717) is 11.1 Å². The van der Waals surface area contributed by atoms with E-state index >= 15 is 0 Å². The van der Waals surface area contributed by atoms with Crippen LogP contribution in [0.2, 0.25) is 0 Å². The summed E-state index contributed by atoms with van der Waals surface area (Å²) in [5.74, 6) is 0.0623. The number of nitrogens with one attached hydrogen (secondary N) is 2. The van der Waals surface area contributed by atoms with Crippen molar-refractivity contribution in [3.05, 3.63) is 72.1 Å². The van der Waals surface area contributed by atoms with E-state index in [0.717, 1.165) is 30.9 Å². The minimum atomic E-state index is 0.0311. The quantitative estimate of drug-likeness (QED) is 0.294. The van der Waals surface area contributed by atoms with E-state index in [1.165, 1.54) is 0 Å². The molecule has 0 aromatic carbocycles. The Hall–Kier alpha value is -3.36. The SMILES string of the molecule is N=C(N)c1ccnc(-c2ccc(-c3ccc(-c4cc(C(=N)N)ccn4)s3)s2)c1. The highest BCUT2D eigenvalue weighted by atomic mass is 32.1. The Kier molecular flexibility index (Phi) is 4.72. The lowest BCUT2D eigenvalue weighted by Crippen LogP contribution is -2.10. The van der Waals surface area contributed by atoms with Crippen LogP contribution in [0.15, 0.2) is 60.9 Å². The van der Waals surface area contributed by atoms with Crippen molar-refractivity contribution < 1.29 is 0 Å². The van der Waals surface area contributed by atoms with E-state index in [4.69, 9.17) is 22.3 Å². The smallest absolute Gasteiger partial charge is 0.122 e. The van der Waals surface area contributed by atoms with E-state index in [1.807, 2.05) is 24.3 Å². The predicted molar refractivity (Wildman–Crippen MR) is 116 cm³/mol. The number of rotatable bonds is 5. The number of nitrogen functional groups attached to an aromatic ring is 2. The van der Waals surface area contributed by atoms with E-state index < -0.39 is 0 Å². The molecule has 0 aliphatic carbocycles. The van der Waals surface area contributed by atoms with Crippen molar-refractivity contribution in [1.82, 2.24) is 9.97 Å². The number of aromatic nitrogens is 2. The second kappa shape index (κ2) is 7.34. The fourth-order valence-electron chi connectivity index (χ4n) is 2.68. The third kappa shape index (κ3) is 3.55. The third-order valence-corrected chi connectivity index (χ3v) is 6.51. The highest BCUT2D eigenvalue weighted by Crippen LogP contribution is 2.39. The maximum Gasteiger partial charge on any atom is 0.122 e. The molecule has 4 rings (SSSR count). The van der Waals surface area contributed by atoms with Crippen LogP contribution >= 0.6 is 22.7 Å². The zero-order valence-electron chi connectivity index (χ0n) is 14.6. The van der Waals surface area contributed by atoms with Gasteiger partial charge in [0.15, 0.2) is 0 Å². The minimum Gasteiger partial charge on any atom is -0.384 e. The normalized spacial score (nSPS) is 10.7. The predicted octanol–water partition coefficient (Wildman–Crippen LogP) is 4.17. The lowest BCUT2D eigenvalue weighted by molar-refractivity contribution is 1.31. The van der Waals surface area contributed by atoms with Crippen LogP contribution in [0.1, 0.15) is 11.1 Å². The second-order valence-electron chi connectivity index (χ2n) is 6.01. The first-order chi connectivity index (χ1) is 13.5. The van der Waals surface area contributed by atoms with Crippen molar-refractivity contribution in [3.63, 3.8) is 0 Å². The van der Waals surface area contributed by atoms with Crippen LogP contribution in [0.5, 0.6) is 0 Å². The van der Waals surface area contributed by atoms with Crippen molar-refractivity contribution in [2.24, 2.45) is 11.5 Å². The molecule has 0 atom stereocenters. The molecule has 0 radical (unpaired) electrons. The molecule has 0 saturated heterocycles. The molecule has 0 fully saturated rings. The number of hydrogen-bond acceptors (Lipinski definition) is 6. The van der Waals surface area contributed by atoms with Gasteiger partial charge in [0.25, 0.3) is 0 Å². The Morgan fingerprint density at radius 2 is 1.04 bits per heavy atom. The maximum atomic E-state index is 7.59. The molecular formula is C20H16N6S2. The monoisotopic (exact) mass is 404 g/mol. The van der Waals surface area contributed by atoms with Gasteiger partial charge in [-0.25, -0.2) is 0 Å². The standard InChI is InChI=1S/C20H16N6S2/c21-19(22)11-5-7-25-13(9-11)15-1-3-17(27-15)18-4-2-16(28-18)14-10-12(20(23)24)6-8-26-14/h1-10H,(H3,21,22)(H3,23,24). The maximum absolute atomic E-state index is 7.59. The first-order valence-electron chi connectivity index (χ1n) is 8.33. The number of amidine groups is 2. The average molecular weight is 405 g/mol. The van der Waals surface area contributed by atoms with Crippen LogP contribution < -0.4 is 11.5 Å². The van der Waals surface area contributed by atoms with Crippen molar-refractivity contribution >= 4 is 34.3 Å². The van der Waals surface area contributed by atoms with Crippen molar-refractivity contribution in [2.45, 2.75) is 0 Å². The molecule has 4 aromatic heterocycles. The molecule has 0 unspecified atom stereocenters. The Morgan fingerprint density at radius 3 is 1.43 bits per heavy atom. The van der Waals surface area contributed by atoms with Gasteiger partial charge >= 0.3 is 0 Å². The first kappa shape index (κ1) is 18.0. The molecule has 4 aromatic rings. The fraction of sp³-hybridized carbons (Fsp3) is 0. The molecule has 0 bridgehead atoms. The highest BCUT2D eigenvalue weighted by Gasteiger charge is 2.11. The summed E-state index contributed by atoms with van der Waals surface area (Å²) in [5, 5.41) is 15.2. The summed E-state index contributed by atoms with van der Waals surface area (Å²) in [6.45, 7) is 0. The summed E-state index contributed by atoms with van der Waals surface area (Å²) in [5.41, 5.74) is 14.1. The van der Waals surface area contributed by atoms with Crippen molar-refractivity contribution in [1.29, 1.82) is 10.8 Å². The number of nitrogens with zero attached hydrogens (tertiary/aromatic N) is 2. The summed E-state index contributed by atoms with van der Waals surface area (Å²) in [6, 6.07) is 15.3. The van der Waals surface area contributed by atoms with E-state index in [9.17, 15) is 0 Å². The molecule has 0 aliphatic rings. The molecule has 0 amide bonds. The Labute approximate surface area is 169 Å². The molecule has 6 nitrogen and oxygen atoms in total. The molecule has 28 heavy (non-hydrogen) atoms. The molecular weight excluding hydrogens is 388 g/mol. The summed E-state index contributed by atoms with van der Waals surface area (Å²) in [6.07, 6.45) is 3.34. The Balaban J connectivity index is 1.64. The van der Waals surface area contributed by atoms with Crippen LogP contribution in [0.25, 0.3) is 30.9 Å². The number of pyridine rings is 2. The van der Waals surface area contributed by atoms with Gasteiger partial charge in [0.05, 0.1) is 21.1 Å². The number of thiophene rings is 2. The van der Waals surface area contributed by atoms with Crippen LogP contribution in [0.4, 0.5) is 0 Å². The molecule has 4 heterocycles. The average Bonchev–Trinajstić information content (AvgIpc) is 3.38. The summed E-state index contributed by atoms with van der Waals surface area (Å²) >= 11 is 3.28. The van der Waals surface area contributed by atoms with Crippen LogP contribution in [0, 0.1) is 10.8 Å². The number of nitrogens with two attached hydrogens (primary N) is 2. The fourth-order valence-corrected chi connectivity index (χ4v) is 4.72. The van der Waals surface area contributed by atoms with Gasteiger partial charge < -0.3 is 11.5 Å². The van der Waals surface area contributed by atoms with Gasteiger partial charge in [-0.15, -0.1) is 22.7 Å². The van der Waals surface area contributed by atoms with Gasteiger partial charge in [-0.2, -0.15) is 0 Å². The van der Waals surface area contributed by atoms with Gasteiger partial charge in [0, 0.05) is 33.3 Å². The zero-order valence-corrected chi connectivity index (χ0v) is 16.3. The Bertz CT molecular complexity index is 1100. The second-order valence-corrected chi connectivity index (χ2v) is 8.18. The molecule has 0 aliphatic heterocycles. The van der Waals surface area contributed by atoms with Gasteiger partial charge in [-0.05, 0) is 48.5 Å². The molecule has 8 heteroatoms. The summed E-state index contributed by atoms with van der Waals surface area (Å²) < 4.78 is 0. The number of hydrogen-bond donors (Lipinski definition) is 4. The molecule has 0 saturated carbocycles. The van der Waals surface area contributed by atoms with Crippen LogP contribution in [0.3, 0.4) is 0 Å². The largest absolute Gasteiger partial charge is 0.384 e. The van der Waals surface area contributed by atoms with Gasteiger partial charge in [-0.3, -0.25) is 20.8 Å². The van der Waals surface area contributed by atoms with Crippen LogP contribution in [-0.2, 0) is 0 Å². The zero-order chi connectivity index (χ0) is 19.7. The van der Waals surface area contributed by atoms with Crippen molar-refractivity contribution in [2.75, 3.05) is 0 Å². The van der Waals surface area contributed by atoms with Gasteiger partial charge in [0.1, 0.15) is 11.7 Å². The first-order valence-corrected chi connectivity index (χ1v) is 9.96. The van der Waals surface area contributed by atoms with Crippen LogP contribution in [-0.4, -0.2) is 21.6 Å². The van der Waals surface area contributed by atoms with E-state index in [2.05, 4.69) is 22.1 Å². The lowest BCUT2D eigenvalue weighted by atomic mass is 10.2. The summed E-state index contributed by atoms with van der Waals surface area (Å²) in [4.78, 5) is 13.1. The lowest BCUT2D eigenvalue weighted by Gasteiger charge is -2.01. The topological polar surface area (TPSA) is 126 Å². The Morgan fingerprint density at radius 1 is 0.643 bits per heavy atom. The minimum absolute atomic E-state index is 0.0311. The molecule has 6 N–H and O–H groups in total. The molecule has 138 valence electrons. The highest BCUT2D eigenvalue weighted by molar-refractivity contribution is 7.25. The van der Waals surface area contributed by atoms with E-state index in [1.54, 1.807) is 47.2 Å². The summed E-state index contributed by atoms with van der Waals surface area (Å²) in [7, 11) is 0. The van der Waals surface area contributed by atoms with Gasteiger partial charge in [-0.1, -0.05) is 0 Å². The molecule has 0 spiro atoms. The third-order valence-electron chi connectivity index (χ3n) is 4.10. The van der Waals surface area contributed by atoms with Crippen molar-refractivity contribution in [3.8, 4) is 30.9 Å². The van der Waals surface area contributed by atoms with E-state index in [-0.39, 0.29) is 11.7 Å². The van der Waals surface area contributed by atoms with Gasteiger partial charge in [0.2, 0.25) is 0 Å².